The van der Waals surface area contributed by atoms with E-state index in [2.05, 4.69) is 43.7 Å². The third-order valence-corrected chi connectivity index (χ3v) is 2.86. The lowest BCUT2D eigenvalue weighted by atomic mass is 10.3. The molecule has 0 saturated carbocycles. The molecule has 0 aromatic carbocycles. The van der Waals surface area contributed by atoms with Crippen molar-refractivity contribution in [3.63, 3.8) is 0 Å². The van der Waals surface area contributed by atoms with Gasteiger partial charge in [-0.05, 0) is 26.7 Å². The molecule has 0 aromatic heterocycles. The molecule has 18 heavy (non-hydrogen) atoms. The minimum Gasteiger partial charge on any atom is -0.356 e. The first-order valence-corrected chi connectivity index (χ1v) is 7.86. The van der Waals surface area contributed by atoms with Gasteiger partial charge >= 0.3 is 7.82 Å². The van der Waals surface area contributed by atoms with Crippen molar-refractivity contribution in [2.24, 2.45) is 0 Å². The van der Waals surface area contributed by atoms with E-state index in [0.29, 0.717) is 6.17 Å². The lowest BCUT2D eigenvalue weighted by molar-refractivity contribution is 0.148. The molecule has 0 bridgehead atoms. The van der Waals surface area contributed by atoms with Crippen molar-refractivity contribution in [3.05, 3.63) is 11.9 Å². The minimum atomic E-state index is -4.64. The fourth-order valence-electron chi connectivity index (χ4n) is 2.19. The molecule has 1 aliphatic heterocycles. The summed E-state index contributed by atoms with van der Waals surface area (Å²) in [4.78, 5) is 26.5. The molecule has 0 spiro atoms. The highest BCUT2D eigenvalue weighted by atomic mass is 31.2. The van der Waals surface area contributed by atoms with E-state index in [0.717, 1.165) is 19.5 Å². The molecule has 3 N–H and O–H groups in total. The van der Waals surface area contributed by atoms with Crippen LogP contribution < -0.4 is 0 Å². The number of allylic oxidation sites excluding steroid dienone is 1. The molecule has 1 aliphatic rings. The summed E-state index contributed by atoms with van der Waals surface area (Å²) in [6.07, 6.45) is 5.31. The zero-order chi connectivity index (χ0) is 14.3. The highest BCUT2D eigenvalue weighted by molar-refractivity contribution is 7.45. The standard InChI is InChI=1S/C11H22N2.H3O4P/c1-5-10-9-12(7-3)11(6-2)13(10)8-4;1-5(2,3)4/h9,11H,5-8H2,1-4H3;(H3,1,2,3,4). The summed E-state index contributed by atoms with van der Waals surface area (Å²) in [5.74, 6) is 0. The van der Waals surface area contributed by atoms with Gasteiger partial charge in [0.25, 0.3) is 0 Å². The van der Waals surface area contributed by atoms with E-state index < -0.39 is 7.82 Å². The molecule has 0 saturated heterocycles. The van der Waals surface area contributed by atoms with E-state index in [-0.39, 0.29) is 0 Å². The fourth-order valence-corrected chi connectivity index (χ4v) is 2.19. The Kier molecular flexibility index (Phi) is 7.55. The molecule has 0 fully saturated rings. The Morgan fingerprint density at radius 3 is 1.94 bits per heavy atom. The van der Waals surface area contributed by atoms with Crippen molar-refractivity contribution in [1.29, 1.82) is 0 Å². The van der Waals surface area contributed by atoms with Gasteiger partial charge in [-0.15, -0.1) is 0 Å². The second-order valence-corrected chi connectivity index (χ2v) is 5.02. The first kappa shape index (κ1) is 17.4. The molecule has 7 heteroatoms. The normalized spacial score (nSPS) is 19.5. The number of rotatable bonds is 4. The largest absolute Gasteiger partial charge is 0.466 e. The van der Waals surface area contributed by atoms with Crippen LogP contribution in [0.4, 0.5) is 0 Å². The molecule has 108 valence electrons. The lowest BCUT2D eigenvalue weighted by Gasteiger charge is -2.32. The van der Waals surface area contributed by atoms with E-state index in [9.17, 15) is 0 Å². The molecular formula is C11H25N2O4P. The molecule has 0 aliphatic carbocycles. The molecule has 0 aromatic rings. The molecule has 0 radical (unpaired) electrons. The number of hydrogen-bond donors (Lipinski definition) is 3. The van der Waals surface area contributed by atoms with Gasteiger partial charge in [0.2, 0.25) is 0 Å². The second-order valence-electron chi connectivity index (χ2n) is 3.99. The van der Waals surface area contributed by atoms with Crippen LogP contribution in [0.15, 0.2) is 11.9 Å². The highest BCUT2D eigenvalue weighted by Crippen LogP contribution is 2.26. The molecule has 1 unspecified atom stereocenters. The van der Waals surface area contributed by atoms with E-state index in [1.165, 1.54) is 12.1 Å². The maximum absolute atomic E-state index is 8.88. The van der Waals surface area contributed by atoms with Crippen LogP contribution >= 0.6 is 7.82 Å². The van der Waals surface area contributed by atoms with Crippen molar-refractivity contribution in [3.8, 4) is 0 Å². The zero-order valence-electron chi connectivity index (χ0n) is 11.6. The van der Waals surface area contributed by atoms with E-state index >= 15 is 0 Å². The van der Waals surface area contributed by atoms with Gasteiger partial charge in [-0.3, -0.25) is 0 Å². The summed E-state index contributed by atoms with van der Waals surface area (Å²) in [6.45, 7) is 11.2. The van der Waals surface area contributed by atoms with Gasteiger partial charge in [0.05, 0.1) is 0 Å². The second kappa shape index (κ2) is 7.79. The van der Waals surface area contributed by atoms with Crippen LogP contribution in [0.25, 0.3) is 0 Å². The summed E-state index contributed by atoms with van der Waals surface area (Å²) >= 11 is 0. The molecule has 1 heterocycles. The summed E-state index contributed by atoms with van der Waals surface area (Å²) in [5, 5.41) is 0. The maximum atomic E-state index is 8.88. The quantitative estimate of drug-likeness (QED) is 0.680. The van der Waals surface area contributed by atoms with Crippen LogP contribution in [0.1, 0.15) is 40.5 Å². The molecule has 0 amide bonds. The number of nitrogens with zero attached hydrogens (tertiary/aromatic N) is 2. The Balaban J connectivity index is 0.000000494. The van der Waals surface area contributed by atoms with Crippen LogP contribution in [-0.4, -0.2) is 43.7 Å². The van der Waals surface area contributed by atoms with Crippen LogP contribution in [0.5, 0.6) is 0 Å². The summed E-state index contributed by atoms with van der Waals surface area (Å²) in [5.41, 5.74) is 1.50. The molecular weight excluding hydrogens is 255 g/mol. The van der Waals surface area contributed by atoms with Crippen LogP contribution in [-0.2, 0) is 4.57 Å². The van der Waals surface area contributed by atoms with E-state index in [4.69, 9.17) is 19.2 Å². The Labute approximate surface area is 109 Å². The van der Waals surface area contributed by atoms with Gasteiger partial charge < -0.3 is 24.5 Å². The van der Waals surface area contributed by atoms with Gasteiger partial charge in [-0.1, -0.05) is 13.8 Å². The van der Waals surface area contributed by atoms with Crippen LogP contribution in [0.3, 0.4) is 0 Å². The SMILES string of the molecule is CCC1=CN(CC)C(CC)N1CC.O=P(O)(O)O. The monoisotopic (exact) mass is 280 g/mol. The third kappa shape index (κ3) is 5.87. The smallest absolute Gasteiger partial charge is 0.356 e. The Hall–Kier alpha value is -0.550. The van der Waals surface area contributed by atoms with Crippen LogP contribution in [0, 0.1) is 0 Å². The summed E-state index contributed by atoms with van der Waals surface area (Å²) in [7, 11) is -4.64. The van der Waals surface area contributed by atoms with Crippen molar-refractivity contribution < 1.29 is 19.2 Å². The number of phosphoric acid groups is 1. The first-order chi connectivity index (χ1) is 8.28. The Morgan fingerprint density at radius 2 is 1.67 bits per heavy atom. The Bertz CT molecular complexity index is 308. The molecule has 1 atom stereocenters. The lowest BCUT2D eigenvalue weighted by Crippen LogP contribution is -2.38. The van der Waals surface area contributed by atoms with Crippen molar-refractivity contribution in [1.82, 2.24) is 9.80 Å². The van der Waals surface area contributed by atoms with Gasteiger partial charge in [-0.25, -0.2) is 4.57 Å². The fraction of sp³-hybridized carbons (Fsp3) is 0.818. The molecule has 6 nitrogen and oxygen atoms in total. The minimum absolute atomic E-state index is 0.616. The summed E-state index contributed by atoms with van der Waals surface area (Å²) in [6, 6.07) is 0. The molecule has 1 rings (SSSR count). The maximum Gasteiger partial charge on any atom is 0.466 e. The average Bonchev–Trinajstić information content (AvgIpc) is 2.63. The van der Waals surface area contributed by atoms with Gasteiger partial charge in [0, 0.05) is 25.0 Å². The predicted octanol–water partition coefficient (Wildman–Crippen LogP) is 1.70. The van der Waals surface area contributed by atoms with Crippen molar-refractivity contribution >= 4 is 7.82 Å². The van der Waals surface area contributed by atoms with Crippen LogP contribution in [0.2, 0.25) is 0 Å². The Morgan fingerprint density at radius 1 is 1.17 bits per heavy atom. The van der Waals surface area contributed by atoms with E-state index in [1.807, 2.05) is 0 Å². The van der Waals surface area contributed by atoms with Gasteiger partial charge in [-0.2, -0.15) is 0 Å². The van der Waals surface area contributed by atoms with Crippen molar-refractivity contribution in [2.75, 3.05) is 13.1 Å². The first-order valence-electron chi connectivity index (χ1n) is 6.29. The van der Waals surface area contributed by atoms with Gasteiger partial charge in [0.1, 0.15) is 6.17 Å². The average molecular weight is 280 g/mol. The third-order valence-electron chi connectivity index (χ3n) is 2.86. The van der Waals surface area contributed by atoms with E-state index in [1.54, 1.807) is 0 Å². The topological polar surface area (TPSA) is 84.2 Å². The van der Waals surface area contributed by atoms with Gasteiger partial charge in [0.15, 0.2) is 0 Å². The van der Waals surface area contributed by atoms with Crippen molar-refractivity contribution in [2.45, 2.75) is 46.7 Å². The zero-order valence-corrected chi connectivity index (χ0v) is 12.5. The predicted molar refractivity (Wildman–Crippen MR) is 71.5 cm³/mol. The highest BCUT2D eigenvalue weighted by Gasteiger charge is 2.26. The summed E-state index contributed by atoms with van der Waals surface area (Å²) < 4.78 is 8.88. The number of hydrogen-bond acceptors (Lipinski definition) is 3.